The van der Waals surface area contributed by atoms with E-state index in [0.29, 0.717) is 21.7 Å². The molecule has 130 valence electrons. The molecule has 0 radical (unpaired) electrons. The Labute approximate surface area is 153 Å². The highest BCUT2D eigenvalue weighted by Gasteiger charge is 2.12. The zero-order valence-electron chi connectivity index (χ0n) is 13.0. The van der Waals surface area contributed by atoms with Gasteiger partial charge in [0.25, 0.3) is 0 Å². The zero-order valence-corrected chi connectivity index (χ0v) is 14.6. The Hall–Kier alpha value is -2.09. The molecule has 8 heteroatoms. The molecule has 0 aliphatic rings. The van der Waals surface area contributed by atoms with Crippen LogP contribution in [0.3, 0.4) is 0 Å². The van der Waals surface area contributed by atoms with Crippen LogP contribution in [0.2, 0.25) is 5.02 Å². The summed E-state index contributed by atoms with van der Waals surface area (Å²) in [5.74, 6) is 0.553. The number of rotatable bonds is 7. The molecule has 1 heterocycles. The SMILES string of the molecule is OC(COc1ccc(F)cc1)CSc1nncn1-c1cccc(Cl)c1. The van der Waals surface area contributed by atoms with Gasteiger partial charge in [0.05, 0.1) is 11.8 Å². The van der Waals surface area contributed by atoms with Crippen molar-refractivity contribution in [3.8, 4) is 11.4 Å². The van der Waals surface area contributed by atoms with Crippen LogP contribution in [0.5, 0.6) is 5.75 Å². The van der Waals surface area contributed by atoms with Crippen LogP contribution in [0, 0.1) is 5.82 Å². The fourth-order valence-electron chi connectivity index (χ4n) is 2.07. The van der Waals surface area contributed by atoms with E-state index in [1.807, 2.05) is 18.2 Å². The van der Waals surface area contributed by atoms with E-state index in [9.17, 15) is 9.50 Å². The summed E-state index contributed by atoms with van der Waals surface area (Å²) in [5, 5.41) is 19.3. The van der Waals surface area contributed by atoms with Gasteiger partial charge in [0.1, 0.15) is 24.5 Å². The van der Waals surface area contributed by atoms with Gasteiger partial charge in [0.15, 0.2) is 5.16 Å². The molecule has 3 rings (SSSR count). The van der Waals surface area contributed by atoms with Gasteiger partial charge in [-0.15, -0.1) is 10.2 Å². The molecule has 5 nitrogen and oxygen atoms in total. The minimum atomic E-state index is -0.709. The third-order valence-electron chi connectivity index (χ3n) is 3.26. The van der Waals surface area contributed by atoms with Crippen molar-refractivity contribution in [3.63, 3.8) is 0 Å². The largest absolute Gasteiger partial charge is 0.491 e. The van der Waals surface area contributed by atoms with Crippen LogP contribution in [-0.2, 0) is 0 Å². The summed E-state index contributed by atoms with van der Waals surface area (Å²) in [7, 11) is 0. The predicted octanol–water partition coefficient (Wildman–Crippen LogP) is 3.59. The molecule has 0 aliphatic carbocycles. The number of aliphatic hydroxyl groups excluding tert-OH is 1. The van der Waals surface area contributed by atoms with Gasteiger partial charge < -0.3 is 9.84 Å². The van der Waals surface area contributed by atoms with E-state index in [2.05, 4.69) is 10.2 Å². The molecule has 0 bridgehead atoms. The van der Waals surface area contributed by atoms with Gasteiger partial charge in [-0.05, 0) is 42.5 Å². The molecule has 2 aromatic carbocycles. The second kappa shape index (κ2) is 8.33. The van der Waals surface area contributed by atoms with E-state index < -0.39 is 6.10 Å². The van der Waals surface area contributed by atoms with Crippen molar-refractivity contribution in [1.29, 1.82) is 0 Å². The van der Waals surface area contributed by atoms with Crippen LogP contribution in [0.1, 0.15) is 0 Å². The van der Waals surface area contributed by atoms with Crippen LogP contribution in [0.4, 0.5) is 4.39 Å². The van der Waals surface area contributed by atoms with Crippen LogP contribution in [0.25, 0.3) is 5.69 Å². The van der Waals surface area contributed by atoms with E-state index in [4.69, 9.17) is 16.3 Å². The Kier molecular flexibility index (Phi) is 5.91. The van der Waals surface area contributed by atoms with Crippen molar-refractivity contribution in [2.24, 2.45) is 0 Å². The number of nitrogens with zero attached hydrogens (tertiary/aromatic N) is 3. The predicted molar refractivity (Wildman–Crippen MR) is 95.0 cm³/mol. The van der Waals surface area contributed by atoms with Crippen molar-refractivity contribution >= 4 is 23.4 Å². The lowest BCUT2D eigenvalue weighted by Gasteiger charge is -2.12. The van der Waals surface area contributed by atoms with E-state index in [1.165, 1.54) is 36.0 Å². The summed E-state index contributed by atoms with van der Waals surface area (Å²) in [6, 6.07) is 13.0. The first kappa shape index (κ1) is 17.7. The molecule has 0 saturated heterocycles. The summed E-state index contributed by atoms with van der Waals surface area (Å²) >= 11 is 7.37. The Bertz CT molecular complexity index is 829. The number of hydrogen-bond donors (Lipinski definition) is 1. The van der Waals surface area contributed by atoms with Gasteiger partial charge in [-0.2, -0.15) is 0 Å². The van der Waals surface area contributed by atoms with Crippen molar-refractivity contribution in [2.45, 2.75) is 11.3 Å². The summed E-state index contributed by atoms with van der Waals surface area (Å²) in [4.78, 5) is 0. The number of halogens is 2. The lowest BCUT2D eigenvalue weighted by Crippen LogP contribution is -2.20. The van der Waals surface area contributed by atoms with E-state index in [0.717, 1.165) is 5.69 Å². The van der Waals surface area contributed by atoms with E-state index >= 15 is 0 Å². The maximum Gasteiger partial charge on any atom is 0.195 e. The average Bonchev–Trinajstić information content (AvgIpc) is 3.08. The Morgan fingerprint density at radius 3 is 2.80 bits per heavy atom. The zero-order chi connectivity index (χ0) is 17.6. The third-order valence-corrected chi connectivity index (χ3v) is 4.59. The Balaban J connectivity index is 1.55. The molecule has 0 saturated carbocycles. The first-order valence-electron chi connectivity index (χ1n) is 7.47. The smallest absolute Gasteiger partial charge is 0.195 e. The summed E-state index contributed by atoms with van der Waals surface area (Å²) in [6.45, 7) is 0.101. The minimum Gasteiger partial charge on any atom is -0.491 e. The number of ether oxygens (including phenoxy) is 1. The standard InChI is InChI=1S/C17H15ClFN3O2S/c18-12-2-1-3-14(8-12)22-11-20-21-17(22)25-10-15(23)9-24-16-6-4-13(19)5-7-16/h1-8,11,15,23H,9-10H2. The van der Waals surface area contributed by atoms with Gasteiger partial charge >= 0.3 is 0 Å². The second-order valence-electron chi connectivity index (χ2n) is 5.19. The molecule has 1 atom stereocenters. The Morgan fingerprint density at radius 2 is 2.04 bits per heavy atom. The first-order chi connectivity index (χ1) is 12.1. The fraction of sp³-hybridized carbons (Fsp3) is 0.176. The van der Waals surface area contributed by atoms with E-state index in [1.54, 1.807) is 17.0 Å². The molecule has 25 heavy (non-hydrogen) atoms. The molecule has 0 fully saturated rings. The molecule has 0 amide bonds. The number of aliphatic hydroxyl groups is 1. The fourth-order valence-corrected chi connectivity index (χ4v) is 3.09. The number of thioether (sulfide) groups is 1. The number of benzene rings is 2. The second-order valence-corrected chi connectivity index (χ2v) is 6.62. The highest BCUT2D eigenvalue weighted by atomic mass is 35.5. The average molecular weight is 380 g/mol. The van der Waals surface area contributed by atoms with Gasteiger partial charge in [0, 0.05) is 10.8 Å². The summed E-state index contributed by atoms with van der Waals surface area (Å²) < 4.78 is 20.1. The first-order valence-corrected chi connectivity index (χ1v) is 8.83. The van der Waals surface area contributed by atoms with Gasteiger partial charge in [-0.1, -0.05) is 29.4 Å². The molecule has 1 unspecified atom stereocenters. The monoisotopic (exact) mass is 379 g/mol. The quantitative estimate of drug-likeness (QED) is 0.636. The van der Waals surface area contributed by atoms with Crippen molar-refractivity contribution in [2.75, 3.05) is 12.4 Å². The topological polar surface area (TPSA) is 60.2 Å². The highest BCUT2D eigenvalue weighted by Crippen LogP contribution is 2.22. The Morgan fingerprint density at radius 1 is 1.24 bits per heavy atom. The normalized spacial score (nSPS) is 12.1. The summed E-state index contributed by atoms with van der Waals surface area (Å²) in [5.41, 5.74) is 0.844. The highest BCUT2D eigenvalue weighted by molar-refractivity contribution is 7.99. The number of hydrogen-bond acceptors (Lipinski definition) is 5. The lowest BCUT2D eigenvalue weighted by atomic mass is 10.3. The molecule has 1 N–H and O–H groups in total. The van der Waals surface area contributed by atoms with Crippen molar-refractivity contribution in [3.05, 3.63) is 65.7 Å². The minimum absolute atomic E-state index is 0.101. The van der Waals surface area contributed by atoms with Gasteiger partial charge in [-0.3, -0.25) is 4.57 Å². The lowest BCUT2D eigenvalue weighted by molar-refractivity contribution is 0.126. The van der Waals surface area contributed by atoms with Gasteiger partial charge in [-0.25, -0.2) is 4.39 Å². The van der Waals surface area contributed by atoms with Crippen molar-refractivity contribution in [1.82, 2.24) is 14.8 Å². The van der Waals surface area contributed by atoms with Gasteiger partial charge in [0.2, 0.25) is 0 Å². The molecule has 0 aliphatic heterocycles. The third kappa shape index (κ3) is 4.94. The van der Waals surface area contributed by atoms with Crippen LogP contribution in [0.15, 0.2) is 60.0 Å². The van der Waals surface area contributed by atoms with Crippen LogP contribution >= 0.6 is 23.4 Å². The molecule has 3 aromatic rings. The molecular formula is C17H15ClFN3O2S. The summed E-state index contributed by atoms with van der Waals surface area (Å²) in [6.07, 6.45) is 0.884. The molecular weight excluding hydrogens is 365 g/mol. The van der Waals surface area contributed by atoms with Crippen LogP contribution < -0.4 is 4.74 Å². The molecule has 1 aromatic heterocycles. The maximum atomic E-state index is 12.8. The molecule has 0 spiro atoms. The maximum absolute atomic E-state index is 12.8. The van der Waals surface area contributed by atoms with E-state index in [-0.39, 0.29) is 12.4 Å². The van der Waals surface area contributed by atoms with Crippen molar-refractivity contribution < 1.29 is 14.2 Å². The number of aromatic nitrogens is 3. The van der Waals surface area contributed by atoms with Crippen LogP contribution in [-0.4, -0.2) is 38.3 Å².